The standard InChI is InChI=1S/C22H19Cl2N5O2S2/c1-13(31-18-10-15(23)8-9-16(18)24)20-27-28-22(29(20)2)33-12-19(30)26-21-25-17(11-32-21)14-6-4-3-5-7-14/h3-11,13H,12H2,1-2H3,(H,25,26,30). The Morgan fingerprint density at radius 1 is 1.21 bits per heavy atom. The molecule has 0 spiro atoms. The predicted octanol–water partition coefficient (Wildman–Crippen LogP) is 6.12. The van der Waals surface area contributed by atoms with E-state index >= 15 is 0 Å². The third-order valence-corrected chi connectivity index (χ3v) is 6.91. The van der Waals surface area contributed by atoms with Crippen molar-refractivity contribution in [2.75, 3.05) is 11.1 Å². The van der Waals surface area contributed by atoms with Crippen LogP contribution in [0.15, 0.2) is 59.1 Å². The minimum absolute atomic E-state index is 0.168. The molecule has 0 saturated heterocycles. The van der Waals surface area contributed by atoms with Crippen molar-refractivity contribution in [3.63, 3.8) is 0 Å². The van der Waals surface area contributed by atoms with Crippen LogP contribution in [0, 0.1) is 0 Å². The number of benzene rings is 2. The van der Waals surface area contributed by atoms with Crippen molar-refractivity contribution in [3.05, 3.63) is 69.8 Å². The first-order chi connectivity index (χ1) is 15.9. The Morgan fingerprint density at radius 3 is 2.79 bits per heavy atom. The Balaban J connectivity index is 1.34. The van der Waals surface area contributed by atoms with Gasteiger partial charge in [0.15, 0.2) is 22.2 Å². The number of carbonyl (C=O) groups excluding carboxylic acids is 1. The van der Waals surface area contributed by atoms with Crippen LogP contribution in [0.25, 0.3) is 11.3 Å². The minimum Gasteiger partial charge on any atom is -0.481 e. The van der Waals surface area contributed by atoms with E-state index in [2.05, 4.69) is 20.5 Å². The smallest absolute Gasteiger partial charge is 0.236 e. The van der Waals surface area contributed by atoms with E-state index in [0.717, 1.165) is 11.3 Å². The van der Waals surface area contributed by atoms with Gasteiger partial charge < -0.3 is 14.6 Å². The zero-order valence-corrected chi connectivity index (χ0v) is 20.8. The highest BCUT2D eigenvalue weighted by Gasteiger charge is 2.19. The molecule has 1 amide bonds. The Morgan fingerprint density at radius 2 is 2.00 bits per heavy atom. The van der Waals surface area contributed by atoms with Crippen LogP contribution in [0.4, 0.5) is 5.13 Å². The van der Waals surface area contributed by atoms with Crippen molar-refractivity contribution >= 4 is 57.3 Å². The van der Waals surface area contributed by atoms with Gasteiger partial charge in [-0.15, -0.1) is 21.5 Å². The van der Waals surface area contributed by atoms with Crippen LogP contribution in [0.5, 0.6) is 5.75 Å². The third-order valence-electron chi connectivity index (χ3n) is 4.58. The molecule has 11 heteroatoms. The van der Waals surface area contributed by atoms with Crippen LogP contribution < -0.4 is 10.1 Å². The van der Waals surface area contributed by atoms with Gasteiger partial charge in [0, 0.05) is 29.1 Å². The maximum atomic E-state index is 12.4. The maximum Gasteiger partial charge on any atom is 0.236 e. The fourth-order valence-corrected chi connectivity index (χ4v) is 4.75. The van der Waals surface area contributed by atoms with Crippen LogP contribution in [0.2, 0.25) is 10.0 Å². The highest BCUT2D eigenvalue weighted by atomic mass is 35.5. The summed E-state index contributed by atoms with van der Waals surface area (Å²) in [6, 6.07) is 14.8. The number of halogens is 2. The molecule has 2 aromatic heterocycles. The van der Waals surface area contributed by atoms with E-state index in [1.165, 1.54) is 23.1 Å². The summed E-state index contributed by atoms with van der Waals surface area (Å²) < 4.78 is 7.70. The fraction of sp³-hybridized carbons (Fsp3) is 0.182. The molecule has 170 valence electrons. The lowest BCUT2D eigenvalue weighted by Gasteiger charge is -2.15. The number of ether oxygens (including phenoxy) is 1. The molecule has 0 aliphatic heterocycles. The Hall–Kier alpha value is -2.59. The number of thioether (sulfide) groups is 1. The van der Waals surface area contributed by atoms with Gasteiger partial charge in [0.1, 0.15) is 5.75 Å². The molecule has 1 N–H and O–H groups in total. The fourth-order valence-electron chi connectivity index (χ4n) is 2.97. The summed E-state index contributed by atoms with van der Waals surface area (Å²) >= 11 is 14.9. The van der Waals surface area contributed by atoms with Crippen molar-refractivity contribution in [3.8, 4) is 17.0 Å². The molecule has 33 heavy (non-hydrogen) atoms. The largest absolute Gasteiger partial charge is 0.481 e. The first-order valence-electron chi connectivity index (χ1n) is 9.85. The lowest BCUT2D eigenvalue weighted by molar-refractivity contribution is -0.113. The quantitative estimate of drug-likeness (QED) is 0.282. The van der Waals surface area contributed by atoms with Gasteiger partial charge in [0.2, 0.25) is 5.91 Å². The number of thiazole rings is 1. The molecule has 0 radical (unpaired) electrons. The summed E-state index contributed by atoms with van der Waals surface area (Å²) in [5.41, 5.74) is 1.83. The van der Waals surface area contributed by atoms with E-state index in [1.807, 2.05) is 49.7 Å². The highest BCUT2D eigenvalue weighted by Crippen LogP contribution is 2.32. The molecule has 4 rings (SSSR count). The van der Waals surface area contributed by atoms with E-state index < -0.39 is 6.10 Å². The lowest BCUT2D eigenvalue weighted by Crippen LogP contribution is -2.14. The average Bonchev–Trinajstić information content (AvgIpc) is 3.42. The van der Waals surface area contributed by atoms with E-state index in [0.29, 0.717) is 31.9 Å². The topological polar surface area (TPSA) is 81.9 Å². The molecular formula is C22H19Cl2N5O2S2. The molecule has 7 nitrogen and oxygen atoms in total. The molecule has 0 fully saturated rings. The lowest BCUT2D eigenvalue weighted by atomic mass is 10.2. The van der Waals surface area contributed by atoms with Gasteiger partial charge in [-0.2, -0.15) is 0 Å². The van der Waals surface area contributed by atoms with Gasteiger partial charge in [-0.3, -0.25) is 4.79 Å². The van der Waals surface area contributed by atoms with Gasteiger partial charge in [0.25, 0.3) is 0 Å². The van der Waals surface area contributed by atoms with Crippen molar-refractivity contribution in [2.45, 2.75) is 18.2 Å². The number of hydrogen-bond donors (Lipinski definition) is 1. The molecule has 0 saturated carbocycles. The van der Waals surface area contributed by atoms with Gasteiger partial charge in [-0.05, 0) is 19.1 Å². The predicted molar refractivity (Wildman–Crippen MR) is 133 cm³/mol. The third kappa shape index (κ3) is 5.86. The average molecular weight is 520 g/mol. The first-order valence-corrected chi connectivity index (χ1v) is 12.5. The summed E-state index contributed by atoms with van der Waals surface area (Å²) in [6.07, 6.45) is -0.423. The molecule has 1 unspecified atom stereocenters. The summed E-state index contributed by atoms with van der Waals surface area (Å²) in [7, 11) is 1.82. The molecule has 0 bridgehead atoms. The van der Waals surface area contributed by atoms with Crippen LogP contribution >= 0.6 is 46.3 Å². The van der Waals surface area contributed by atoms with Gasteiger partial charge in [0.05, 0.1) is 16.5 Å². The van der Waals surface area contributed by atoms with E-state index in [-0.39, 0.29) is 11.7 Å². The molecule has 2 heterocycles. The molecule has 0 aliphatic rings. The van der Waals surface area contributed by atoms with E-state index in [1.54, 1.807) is 22.8 Å². The van der Waals surface area contributed by atoms with E-state index in [9.17, 15) is 4.79 Å². The van der Waals surface area contributed by atoms with Crippen LogP contribution in [0.1, 0.15) is 18.9 Å². The highest BCUT2D eigenvalue weighted by molar-refractivity contribution is 7.99. The second kappa shape index (κ2) is 10.6. The molecule has 0 aliphatic carbocycles. The number of hydrogen-bond acceptors (Lipinski definition) is 7. The number of nitrogens with zero attached hydrogens (tertiary/aromatic N) is 4. The number of anilines is 1. The number of aromatic nitrogens is 4. The molecule has 1 atom stereocenters. The van der Waals surface area contributed by atoms with Crippen LogP contribution in [-0.2, 0) is 11.8 Å². The Kier molecular flexibility index (Phi) is 7.54. The monoisotopic (exact) mass is 519 g/mol. The molecule has 2 aromatic carbocycles. The number of nitrogens with one attached hydrogen (secondary N) is 1. The minimum atomic E-state index is -0.423. The van der Waals surface area contributed by atoms with Crippen molar-refractivity contribution < 1.29 is 9.53 Å². The summed E-state index contributed by atoms with van der Waals surface area (Å²) in [4.78, 5) is 16.9. The van der Waals surface area contributed by atoms with E-state index in [4.69, 9.17) is 27.9 Å². The Labute approximate surface area is 209 Å². The van der Waals surface area contributed by atoms with Crippen LogP contribution in [0.3, 0.4) is 0 Å². The van der Waals surface area contributed by atoms with Gasteiger partial charge in [-0.1, -0.05) is 65.3 Å². The summed E-state index contributed by atoms with van der Waals surface area (Å²) in [5, 5.41) is 15.3. The second-order valence-electron chi connectivity index (χ2n) is 6.98. The summed E-state index contributed by atoms with van der Waals surface area (Å²) in [6.45, 7) is 1.84. The number of amides is 1. The number of rotatable bonds is 8. The normalized spacial score (nSPS) is 11.9. The van der Waals surface area contributed by atoms with Crippen LogP contribution in [-0.4, -0.2) is 31.4 Å². The van der Waals surface area contributed by atoms with Crippen molar-refractivity contribution in [1.82, 2.24) is 19.7 Å². The molecule has 4 aromatic rings. The first kappa shape index (κ1) is 23.6. The van der Waals surface area contributed by atoms with Crippen molar-refractivity contribution in [2.24, 2.45) is 7.05 Å². The van der Waals surface area contributed by atoms with Gasteiger partial charge >= 0.3 is 0 Å². The summed E-state index contributed by atoms with van der Waals surface area (Å²) in [5.74, 6) is 1.06. The van der Waals surface area contributed by atoms with Gasteiger partial charge in [-0.25, -0.2) is 4.98 Å². The maximum absolute atomic E-state index is 12.4. The zero-order chi connectivity index (χ0) is 23.4. The second-order valence-corrected chi connectivity index (χ2v) is 9.62. The van der Waals surface area contributed by atoms with Crippen molar-refractivity contribution in [1.29, 1.82) is 0 Å². The number of carbonyl (C=O) groups is 1. The molecular weight excluding hydrogens is 501 g/mol. The zero-order valence-electron chi connectivity index (χ0n) is 17.7. The SMILES string of the molecule is CC(Oc1cc(Cl)ccc1Cl)c1nnc(SCC(=O)Nc2nc(-c3ccccc3)cs2)n1C. The Bertz CT molecular complexity index is 1260.